The molecule has 54 heavy (non-hydrogen) atoms. The van der Waals surface area contributed by atoms with Crippen molar-refractivity contribution in [1.82, 2.24) is 0 Å². The third kappa shape index (κ3) is 5.13. The maximum Gasteiger partial charge on any atom is 0.0754 e. The second-order valence-corrected chi connectivity index (χ2v) is 14.2. The Morgan fingerprint density at radius 1 is 0.537 bits per heavy atom. The van der Waals surface area contributed by atoms with Crippen molar-refractivity contribution < 1.29 is 0 Å². The zero-order chi connectivity index (χ0) is 36.1. The fourth-order valence-electron chi connectivity index (χ4n) is 8.65. The van der Waals surface area contributed by atoms with E-state index in [1.165, 1.54) is 50.1 Å². The first kappa shape index (κ1) is 31.9. The van der Waals surface area contributed by atoms with E-state index in [1.807, 2.05) is 42.6 Å². The Kier molecular flexibility index (Phi) is 7.68. The molecule has 1 aliphatic heterocycles. The predicted octanol–water partition coefficient (Wildman–Crippen LogP) is 11.7. The van der Waals surface area contributed by atoms with Crippen LogP contribution in [0.5, 0.6) is 0 Å². The van der Waals surface area contributed by atoms with Crippen LogP contribution in [0.1, 0.15) is 33.4 Å². The lowest BCUT2D eigenvalue weighted by atomic mass is 9.65. The highest BCUT2D eigenvalue weighted by atomic mass is 14.9. The topological polar surface area (TPSA) is 50.4 Å². The van der Waals surface area contributed by atoms with Crippen LogP contribution >= 0.6 is 0 Å². The van der Waals surface area contributed by atoms with Crippen molar-refractivity contribution in [2.24, 2.45) is 10.7 Å². The minimum Gasteiger partial charge on any atom is -0.355 e. The molecule has 1 unspecified atom stereocenters. The normalized spacial score (nSPS) is 16.7. The first-order valence-corrected chi connectivity index (χ1v) is 18.5. The molecule has 1 spiro atoms. The summed E-state index contributed by atoms with van der Waals surface area (Å²) in [5.41, 5.74) is 24.8. The molecule has 0 aromatic heterocycles. The van der Waals surface area contributed by atoms with Gasteiger partial charge in [-0.25, -0.2) is 0 Å². The average molecular weight is 692 g/mol. The Hall–Kier alpha value is -6.81. The average Bonchev–Trinajstić information content (AvgIpc) is 3.52. The smallest absolute Gasteiger partial charge is 0.0754 e. The summed E-state index contributed by atoms with van der Waals surface area (Å²) in [6.45, 7) is 0. The lowest BCUT2D eigenvalue weighted by Gasteiger charge is -2.40. The molecule has 3 heteroatoms. The Bertz CT molecular complexity index is 2650. The Morgan fingerprint density at radius 2 is 1.15 bits per heavy atom. The van der Waals surface area contributed by atoms with Gasteiger partial charge in [0.1, 0.15) is 0 Å². The van der Waals surface area contributed by atoms with E-state index in [0.29, 0.717) is 0 Å². The quantitative estimate of drug-likeness (QED) is 0.177. The molecule has 0 bridgehead atoms. The zero-order valence-corrected chi connectivity index (χ0v) is 29.7. The molecule has 10 rings (SSSR count). The van der Waals surface area contributed by atoms with Crippen molar-refractivity contribution in [3.05, 3.63) is 233 Å². The number of hydrogen-bond acceptors (Lipinski definition) is 3. The van der Waals surface area contributed by atoms with Crippen molar-refractivity contribution in [2.45, 2.75) is 11.5 Å². The highest BCUT2D eigenvalue weighted by Crippen LogP contribution is 2.61. The van der Waals surface area contributed by atoms with Crippen molar-refractivity contribution >= 4 is 23.3 Å². The number of rotatable bonds is 5. The van der Waals surface area contributed by atoms with Gasteiger partial charge in [0.15, 0.2) is 0 Å². The maximum atomic E-state index is 6.47. The first-order chi connectivity index (χ1) is 26.7. The number of nitrogens with zero attached hydrogens (tertiary/aromatic N) is 1. The summed E-state index contributed by atoms with van der Waals surface area (Å²) in [7, 11) is 0. The molecule has 3 N–H and O–H groups in total. The number of nitrogens with two attached hydrogens (primary N) is 1. The molecule has 1 heterocycles. The van der Waals surface area contributed by atoms with Crippen LogP contribution in [-0.2, 0) is 5.41 Å². The predicted molar refractivity (Wildman–Crippen MR) is 225 cm³/mol. The molecular weight excluding hydrogens is 655 g/mol. The van der Waals surface area contributed by atoms with E-state index in [2.05, 4.69) is 163 Å². The summed E-state index contributed by atoms with van der Waals surface area (Å²) in [4.78, 5) is 4.99. The zero-order valence-electron chi connectivity index (χ0n) is 29.7. The van der Waals surface area contributed by atoms with Gasteiger partial charge in [-0.1, -0.05) is 170 Å². The number of benzene rings is 7. The minimum absolute atomic E-state index is 0.199. The van der Waals surface area contributed by atoms with E-state index < -0.39 is 5.41 Å². The van der Waals surface area contributed by atoms with Crippen LogP contribution in [0, 0.1) is 0 Å². The summed E-state index contributed by atoms with van der Waals surface area (Å²) >= 11 is 0. The van der Waals surface area contributed by atoms with Gasteiger partial charge < -0.3 is 11.1 Å². The van der Waals surface area contributed by atoms with Crippen LogP contribution in [0.15, 0.2) is 205 Å². The molecule has 0 radical (unpaired) electrons. The molecule has 1 atom stereocenters. The maximum absolute atomic E-state index is 6.47. The van der Waals surface area contributed by atoms with Gasteiger partial charge in [0.05, 0.1) is 17.2 Å². The fourth-order valence-corrected chi connectivity index (χ4v) is 8.65. The molecule has 7 aromatic carbocycles. The molecular formula is C51H37N3. The number of fused-ring (bicyclic) bond motifs is 9. The third-order valence-corrected chi connectivity index (χ3v) is 11.1. The summed E-state index contributed by atoms with van der Waals surface area (Å²) in [5, 5.41) is 3.75. The van der Waals surface area contributed by atoms with E-state index in [-0.39, 0.29) is 6.04 Å². The lowest BCUT2D eigenvalue weighted by Crippen LogP contribution is -2.33. The summed E-state index contributed by atoms with van der Waals surface area (Å²) in [6.07, 6.45) is 10.0. The summed E-state index contributed by atoms with van der Waals surface area (Å²) in [6, 6.07) is 61.2. The standard InChI is InChI=1S/C51H37N3/c52-47-22-9-5-18-42(47)50(36-13-2-1-3-14-36)53-33-34-25-27-35(28-26-34)37-15-12-16-38(31-37)39-29-30-41-40-17-4-6-19-43(40)51(46(41)32-39)44-20-7-10-23-48(44)54-49-24-11-8-21-45(49)51/h1-33,47,54H,52H2/b50-42-,53-33?. The van der Waals surface area contributed by atoms with E-state index in [9.17, 15) is 0 Å². The van der Waals surface area contributed by atoms with Crippen LogP contribution in [-0.4, -0.2) is 12.3 Å². The number of anilines is 2. The molecule has 7 aromatic rings. The number of allylic oxidation sites excluding steroid dienone is 2. The largest absolute Gasteiger partial charge is 0.355 e. The molecule has 0 saturated carbocycles. The van der Waals surface area contributed by atoms with Gasteiger partial charge in [0.2, 0.25) is 0 Å². The van der Waals surface area contributed by atoms with E-state index >= 15 is 0 Å². The number of hydrogen-bond donors (Lipinski definition) is 2. The van der Waals surface area contributed by atoms with Crippen LogP contribution < -0.4 is 11.1 Å². The number of aliphatic imine (C=N–C) groups is 1. The molecule has 3 nitrogen and oxygen atoms in total. The van der Waals surface area contributed by atoms with Gasteiger partial charge in [0.25, 0.3) is 0 Å². The highest BCUT2D eigenvalue weighted by molar-refractivity contribution is 5.94. The van der Waals surface area contributed by atoms with E-state index in [1.54, 1.807) is 0 Å². The van der Waals surface area contributed by atoms with Crippen LogP contribution in [0.4, 0.5) is 11.4 Å². The van der Waals surface area contributed by atoms with Crippen molar-refractivity contribution in [3.63, 3.8) is 0 Å². The molecule has 0 fully saturated rings. The molecule has 256 valence electrons. The van der Waals surface area contributed by atoms with Crippen molar-refractivity contribution in [2.75, 3.05) is 5.32 Å². The van der Waals surface area contributed by atoms with E-state index in [4.69, 9.17) is 10.7 Å². The first-order valence-electron chi connectivity index (χ1n) is 18.5. The second-order valence-electron chi connectivity index (χ2n) is 14.2. The Balaban J connectivity index is 1.02. The highest BCUT2D eigenvalue weighted by Gasteiger charge is 2.50. The molecule has 0 amide bonds. The van der Waals surface area contributed by atoms with Gasteiger partial charge in [-0.3, -0.25) is 4.99 Å². The minimum atomic E-state index is -0.430. The molecule has 2 aliphatic carbocycles. The van der Waals surface area contributed by atoms with Gasteiger partial charge in [-0.15, -0.1) is 0 Å². The number of nitrogens with one attached hydrogen (secondary N) is 1. The fraction of sp³-hybridized carbons (Fsp3) is 0.0392. The Labute approximate surface area is 316 Å². The van der Waals surface area contributed by atoms with Crippen molar-refractivity contribution in [1.29, 1.82) is 0 Å². The Morgan fingerprint density at radius 3 is 1.89 bits per heavy atom. The van der Waals surface area contributed by atoms with Crippen LogP contribution in [0.3, 0.4) is 0 Å². The SMILES string of the molecule is NC1C=CC=C/C1=C(/N=Cc1ccc(-c2cccc(-c3ccc4c(c3)C3(c5ccccc5Nc5ccccc53)c3ccccc3-4)c2)cc1)c1ccccc1. The molecule has 3 aliphatic rings. The van der Waals surface area contributed by atoms with Crippen LogP contribution in [0.2, 0.25) is 0 Å². The van der Waals surface area contributed by atoms with Gasteiger partial charge >= 0.3 is 0 Å². The third-order valence-electron chi connectivity index (χ3n) is 11.1. The number of para-hydroxylation sites is 2. The van der Waals surface area contributed by atoms with Crippen LogP contribution in [0.25, 0.3) is 39.1 Å². The second kappa shape index (κ2) is 13.0. The van der Waals surface area contributed by atoms with Gasteiger partial charge in [-0.2, -0.15) is 0 Å². The van der Waals surface area contributed by atoms with Crippen molar-refractivity contribution in [3.8, 4) is 33.4 Å². The summed E-state index contributed by atoms with van der Waals surface area (Å²) < 4.78 is 0. The van der Waals surface area contributed by atoms with E-state index in [0.717, 1.165) is 39.3 Å². The summed E-state index contributed by atoms with van der Waals surface area (Å²) in [5.74, 6) is 0. The lowest BCUT2D eigenvalue weighted by molar-refractivity contribution is 0.763. The molecule has 0 saturated heterocycles. The van der Waals surface area contributed by atoms with Gasteiger partial charge in [-0.05, 0) is 91.0 Å². The van der Waals surface area contributed by atoms with Gasteiger partial charge in [0, 0.05) is 23.2 Å². The monoisotopic (exact) mass is 691 g/mol.